The number of carbonyl (C=O) groups excluding carboxylic acids is 1. The molecular formula is C20H23NO2. The first kappa shape index (κ1) is 17.0. The second kappa shape index (κ2) is 7.75. The fraction of sp³-hybridized carbons (Fsp3) is 0.250. The number of rotatable bonds is 6. The molecule has 0 saturated carbocycles. The molecule has 0 saturated heterocycles. The largest absolute Gasteiger partial charge is 0.458 e. The molecule has 2 aromatic carbocycles. The molecule has 0 atom stereocenters. The Kier molecular flexibility index (Phi) is 5.72. The normalized spacial score (nSPS) is 11.6. The van der Waals surface area contributed by atoms with Gasteiger partial charge in [0.1, 0.15) is 6.61 Å². The van der Waals surface area contributed by atoms with E-state index in [9.17, 15) is 4.79 Å². The summed E-state index contributed by atoms with van der Waals surface area (Å²) in [6, 6.07) is 17.6. The van der Waals surface area contributed by atoms with Gasteiger partial charge in [-0.05, 0) is 43.0 Å². The maximum Gasteiger partial charge on any atom is 0.331 e. The number of nitrogens with two attached hydrogens (primary N) is 1. The Labute approximate surface area is 137 Å². The molecule has 0 bridgehead atoms. The van der Waals surface area contributed by atoms with E-state index in [0.717, 1.165) is 23.1 Å². The van der Waals surface area contributed by atoms with Crippen molar-refractivity contribution < 1.29 is 9.53 Å². The minimum atomic E-state index is -0.349. The van der Waals surface area contributed by atoms with E-state index in [-0.39, 0.29) is 18.1 Å². The highest BCUT2D eigenvalue weighted by Gasteiger charge is 2.11. The summed E-state index contributed by atoms with van der Waals surface area (Å²) in [5.41, 5.74) is 8.87. The number of hydrogen-bond donors (Lipinski definition) is 1. The molecule has 0 amide bonds. The highest BCUT2D eigenvalue weighted by atomic mass is 16.5. The number of esters is 1. The maximum atomic E-state index is 11.8. The van der Waals surface area contributed by atoms with Crippen molar-refractivity contribution in [3.63, 3.8) is 0 Å². The monoisotopic (exact) mass is 309 g/mol. The van der Waals surface area contributed by atoms with Gasteiger partial charge in [-0.2, -0.15) is 0 Å². The number of hydrogen-bond acceptors (Lipinski definition) is 3. The van der Waals surface area contributed by atoms with Gasteiger partial charge in [-0.25, -0.2) is 4.79 Å². The van der Waals surface area contributed by atoms with Gasteiger partial charge in [0, 0.05) is 11.6 Å². The van der Waals surface area contributed by atoms with Crippen LogP contribution in [0.15, 0.2) is 60.7 Å². The van der Waals surface area contributed by atoms with Crippen LogP contribution < -0.4 is 5.73 Å². The Morgan fingerprint density at radius 2 is 1.78 bits per heavy atom. The second-order valence-electron chi connectivity index (χ2n) is 6.34. The summed E-state index contributed by atoms with van der Waals surface area (Å²) in [7, 11) is 0. The quantitative estimate of drug-likeness (QED) is 0.653. The average molecular weight is 309 g/mol. The molecule has 3 heteroatoms. The molecule has 0 aliphatic carbocycles. The van der Waals surface area contributed by atoms with Crippen LogP contribution in [0.5, 0.6) is 0 Å². The predicted molar refractivity (Wildman–Crippen MR) is 93.7 cm³/mol. The zero-order chi connectivity index (χ0) is 16.7. The van der Waals surface area contributed by atoms with Crippen LogP contribution in [0.1, 0.15) is 30.5 Å². The smallest absolute Gasteiger partial charge is 0.331 e. The van der Waals surface area contributed by atoms with E-state index in [1.807, 2.05) is 68.4 Å². The molecule has 0 fully saturated rings. The minimum Gasteiger partial charge on any atom is -0.458 e. The summed E-state index contributed by atoms with van der Waals surface area (Å²) in [5, 5.41) is 0. The van der Waals surface area contributed by atoms with Crippen molar-refractivity contribution in [2.24, 2.45) is 5.73 Å². The van der Waals surface area contributed by atoms with E-state index in [0.29, 0.717) is 0 Å². The van der Waals surface area contributed by atoms with Crippen molar-refractivity contribution in [1.29, 1.82) is 0 Å². The zero-order valence-corrected chi connectivity index (χ0v) is 13.7. The first-order valence-electron chi connectivity index (χ1n) is 7.69. The summed E-state index contributed by atoms with van der Waals surface area (Å²) < 4.78 is 5.21. The van der Waals surface area contributed by atoms with Crippen molar-refractivity contribution >= 4 is 12.0 Å². The van der Waals surface area contributed by atoms with Gasteiger partial charge >= 0.3 is 5.97 Å². The number of ether oxygens (including phenoxy) is 1. The van der Waals surface area contributed by atoms with E-state index in [4.69, 9.17) is 10.5 Å². The van der Waals surface area contributed by atoms with Crippen molar-refractivity contribution in [3.8, 4) is 0 Å². The fourth-order valence-electron chi connectivity index (χ4n) is 2.27. The van der Waals surface area contributed by atoms with Crippen molar-refractivity contribution in [3.05, 3.63) is 77.4 Å². The molecule has 2 rings (SSSR count). The Morgan fingerprint density at radius 1 is 1.09 bits per heavy atom. The Hall–Kier alpha value is -2.39. The molecule has 2 N–H and O–H groups in total. The maximum absolute atomic E-state index is 11.8. The van der Waals surface area contributed by atoms with E-state index in [1.165, 1.54) is 6.08 Å². The van der Waals surface area contributed by atoms with Gasteiger partial charge < -0.3 is 10.5 Å². The first-order valence-corrected chi connectivity index (χ1v) is 7.69. The van der Waals surface area contributed by atoms with E-state index < -0.39 is 0 Å². The first-order chi connectivity index (χ1) is 10.9. The van der Waals surface area contributed by atoms with Crippen molar-refractivity contribution in [2.75, 3.05) is 0 Å². The summed E-state index contributed by atoms with van der Waals surface area (Å²) in [6.07, 6.45) is 4.00. The lowest BCUT2D eigenvalue weighted by molar-refractivity contribution is -0.138. The van der Waals surface area contributed by atoms with Crippen LogP contribution in [0.25, 0.3) is 6.08 Å². The molecule has 120 valence electrons. The Bertz CT molecular complexity index is 670. The van der Waals surface area contributed by atoms with Crippen LogP contribution in [0.4, 0.5) is 0 Å². The molecule has 0 aromatic heterocycles. The highest BCUT2D eigenvalue weighted by molar-refractivity contribution is 5.87. The fourth-order valence-corrected chi connectivity index (χ4v) is 2.27. The van der Waals surface area contributed by atoms with Crippen molar-refractivity contribution in [1.82, 2.24) is 0 Å². The van der Waals surface area contributed by atoms with E-state index >= 15 is 0 Å². The highest BCUT2D eigenvalue weighted by Crippen LogP contribution is 2.13. The van der Waals surface area contributed by atoms with Crippen LogP contribution in [0.3, 0.4) is 0 Å². The molecule has 0 unspecified atom stereocenters. The van der Waals surface area contributed by atoms with Gasteiger partial charge in [-0.15, -0.1) is 0 Å². The van der Waals surface area contributed by atoms with Crippen LogP contribution in [-0.2, 0) is 22.6 Å². The molecule has 23 heavy (non-hydrogen) atoms. The zero-order valence-electron chi connectivity index (χ0n) is 13.7. The third-order valence-electron chi connectivity index (χ3n) is 3.25. The molecular weight excluding hydrogens is 286 g/mol. The number of carbonyl (C=O) groups is 1. The minimum absolute atomic E-state index is 0.253. The van der Waals surface area contributed by atoms with Gasteiger partial charge in [-0.3, -0.25) is 0 Å². The van der Waals surface area contributed by atoms with Crippen molar-refractivity contribution in [2.45, 2.75) is 32.4 Å². The van der Waals surface area contributed by atoms with Crippen LogP contribution in [-0.4, -0.2) is 11.5 Å². The molecule has 3 nitrogen and oxygen atoms in total. The topological polar surface area (TPSA) is 52.3 Å². The standard InChI is InChI=1S/C20H23NO2/c1-20(2,21)14-18-10-6-9-16(13-18)11-12-19(22)23-15-17-7-4-3-5-8-17/h3-13H,14-15,21H2,1-2H3/b12-11+. The summed E-state index contributed by atoms with van der Waals surface area (Å²) in [4.78, 5) is 11.8. The third kappa shape index (κ3) is 6.49. The average Bonchev–Trinajstić information content (AvgIpc) is 2.51. The molecule has 0 spiro atoms. The molecule has 0 aliphatic rings. The lowest BCUT2D eigenvalue weighted by Gasteiger charge is -2.18. The summed E-state index contributed by atoms with van der Waals surface area (Å²) in [5.74, 6) is -0.349. The van der Waals surface area contributed by atoms with Gasteiger partial charge in [0.25, 0.3) is 0 Å². The van der Waals surface area contributed by atoms with Crippen LogP contribution >= 0.6 is 0 Å². The van der Waals surface area contributed by atoms with Crippen LogP contribution in [0.2, 0.25) is 0 Å². The summed E-state index contributed by atoms with van der Waals surface area (Å²) >= 11 is 0. The molecule has 2 aromatic rings. The predicted octanol–water partition coefficient (Wildman–Crippen LogP) is 3.72. The molecule has 0 aliphatic heterocycles. The van der Waals surface area contributed by atoms with Gasteiger partial charge in [0.2, 0.25) is 0 Å². The summed E-state index contributed by atoms with van der Waals surface area (Å²) in [6.45, 7) is 4.28. The SMILES string of the molecule is CC(C)(N)Cc1cccc(/C=C/C(=O)OCc2ccccc2)c1. The number of benzene rings is 2. The lowest BCUT2D eigenvalue weighted by atomic mass is 9.95. The molecule has 0 radical (unpaired) electrons. The van der Waals surface area contributed by atoms with E-state index in [1.54, 1.807) is 6.08 Å². The molecule has 0 heterocycles. The Balaban J connectivity index is 1.91. The lowest BCUT2D eigenvalue weighted by Crippen LogP contribution is -2.34. The third-order valence-corrected chi connectivity index (χ3v) is 3.25. The van der Waals surface area contributed by atoms with Crippen LogP contribution in [0, 0.1) is 0 Å². The Morgan fingerprint density at radius 3 is 2.48 bits per heavy atom. The van der Waals surface area contributed by atoms with Gasteiger partial charge in [0.05, 0.1) is 0 Å². The van der Waals surface area contributed by atoms with E-state index in [2.05, 4.69) is 0 Å². The second-order valence-corrected chi connectivity index (χ2v) is 6.34. The van der Waals surface area contributed by atoms with Gasteiger partial charge in [0.15, 0.2) is 0 Å². The van der Waals surface area contributed by atoms with Gasteiger partial charge in [-0.1, -0.05) is 54.6 Å².